The Morgan fingerprint density at radius 2 is 2.00 bits per heavy atom. The van der Waals surface area contributed by atoms with Crippen LogP contribution in [0, 0.1) is 0 Å². The van der Waals surface area contributed by atoms with Gasteiger partial charge >= 0.3 is 0 Å². The van der Waals surface area contributed by atoms with Crippen LogP contribution in [0.3, 0.4) is 0 Å². The molecule has 1 aliphatic heterocycles. The number of hydrogen-bond acceptors (Lipinski definition) is 6. The Kier molecular flexibility index (Phi) is 8.39. The van der Waals surface area contributed by atoms with Crippen LogP contribution in [0.15, 0.2) is 77.2 Å². The molecule has 1 aliphatic rings. The fourth-order valence-corrected chi connectivity index (χ4v) is 6.56. The van der Waals surface area contributed by atoms with E-state index in [1.807, 2.05) is 24.4 Å². The van der Waals surface area contributed by atoms with Gasteiger partial charge in [-0.05, 0) is 47.7 Å². The van der Waals surface area contributed by atoms with Crippen molar-refractivity contribution in [2.75, 3.05) is 19.0 Å². The molecular weight excluding hydrogens is 530 g/mol. The highest BCUT2D eigenvalue weighted by Gasteiger charge is 2.34. The predicted molar refractivity (Wildman–Crippen MR) is 149 cm³/mol. The molecule has 1 atom stereocenters. The summed E-state index contributed by atoms with van der Waals surface area (Å²) in [5.41, 5.74) is 2.38. The second kappa shape index (κ2) is 11.5. The Morgan fingerprint density at radius 1 is 1.22 bits per heavy atom. The van der Waals surface area contributed by atoms with Crippen molar-refractivity contribution in [2.45, 2.75) is 30.8 Å². The normalized spacial score (nSPS) is 13.5. The highest BCUT2D eigenvalue weighted by Crippen LogP contribution is 2.34. The molecule has 0 bridgehead atoms. The first-order valence-corrected chi connectivity index (χ1v) is 14.4. The van der Waals surface area contributed by atoms with Crippen LogP contribution in [0.1, 0.15) is 35.4 Å². The van der Waals surface area contributed by atoms with Gasteiger partial charge in [-0.15, -0.1) is 11.3 Å². The van der Waals surface area contributed by atoms with E-state index in [9.17, 15) is 13.2 Å². The second-order valence-electron chi connectivity index (χ2n) is 8.49. The van der Waals surface area contributed by atoms with Crippen LogP contribution < -0.4 is 14.8 Å². The lowest BCUT2D eigenvalue weighted by atomic mass is 10.0. The number of allylic oxidation sites excluding steroid dienone is 1. The van der Waals surface area contributed by atoms with E-state index in [0.29, 0.717) is 47.8 Å². The van der Waals surface area contributed by atoms with Gasteiger partial charge < -0.3 is 15.0 Å². The molecule has 2 heterocycles. The average Bonchev–Trinajstić information content (AvgIpc) is 3.39. The SMILES string of the molecule is C=C1C=Cc2cc(S(=O)(=O)N[C@@H](C(=O)N(CCC)Cc3cccs3)c3ccccc3OC)c(Cl)cc2N1. The van der Waals surface area contributed by atoms with Crippen LogP contribution in [0.4, 0.5) is 5.69 Å². The summed E-state index contributed by atoms with van der Waals surface area (Å²) in [6.45, 7) is 6.66. The van der Waals surface area contributed by atoms with Gasteiger partial charge in [0, 0.05) is 28.4 Å². The number of hydrogen-bond donors (Lipinski definition) is 2. The zero-order valence-electron chi connectivity index (χ0n) is 20.5. The van der Waals surface area contributed by atoms with Crippen LogP contribution in [-0.4, -0.2) is 32.9 Å². The monoisotopic (exact) mass is 557 g/mol. The summed E-state index contributed by atoms with van der Waals surface area (Å²) >= 11 is 7.98. The molecular formula is C27H28ClN3O4S2. The molecule has 37 heavy (non-hydrogen) atoms. The number of nitrogens with zero attached hydrogens (tertiary/aromatic N) is 1. The number of thiophene rings is 1. The first-order chi connectivity index (χ1) is 17.7. The maximum Gasteiger partial charge on any atom is 0.245 e. The van der Waals surface area contributed by atoms with E-state index in [4.69, 9.17) is 16.3 Å². The topological polar surface area (TPSA) is 87.7 Å². The lowest BCUT2D eigenvalue weighted by Crippen LogP contribution is -2.43. The Morgan fingerprint density at radius 3 is 2.70 bits per heavy atom. The van der Waals surface area contributed by atoms with Gasteiger partial charge in [0.05, 0.1) is 18.7 Å². The smallest absolute Gasteiger partial charge is 0.245 e. The molecule has 0 aliphatic carbocycles. The van der Waals surface area contributed by atoms with Crippen molar-refractivity contribution in [1.82, 2.24) is 9.62 Å². The molecule has 194 valence electrons. The van der Waals surface area contributed by atoms with E-state index in [-0.39, 0.29) is 15.8 Å². The van der Waals surface area contributed by atoms with E-state index >= 15 is 0 Å². The van der Waals surface area contributed by atoms with Crippen LogP contribution in [-0.2, 0) is 21.4 Å². The molecule has 0 radical (unpaired) electrons. The molecule has 0 saturated heterocycles. The first kappa shape index (κ1) is 26.9. The molecule has 1 amide bonds. The summed E-state index contributed by atoms with van der Waals surface area (Å²) in [4.78, 5) is 16.5. The number of carbonyl (C=O) groups is 1. The summed E-state index contributed by atoms with van der Waals surface area (Å²) in [5.74, 6) is 0.0218. The van der Waals surface area contributed by atoms with Gasteiger partial charge in [-0.3, -0.25) is 4.79 Å². The van der Waals surface area contributed by atoms with E-state index in [2.05, 4.69) is 16.6 Å². The van der Waals surface area contributed by atoms with Crippen LogP contribution in [0.25, 0.3) is 6.08 Å². The summed E-state index contributed by atoms with van der Waals surface area (Å²) in [7, 11) is -2.75. The minimum absolute atomic E-state index is 0.0251. The zero-order chi connectivity index (χ0) is 26.6. The largest absolute Gasteiger partial charge is 0.496 e. The van der Waals surface area contributed by atoms with E-state index in [1.54, 1.807) is 58.7 Å². The fraction of sp³-hybridized carbons (Fsp3) is 0.222. The standard InChI is InChI=1S/C27H28ClN3O4S2/c1-4-13-31(17-20-8-7-14-36-20)27(32)26(21-9-5-6-10-24(21)35-3)30-37(33,34)25-15-19-12-11-18(2)29-23(19)16-22(25)28/h5-12,14-16,26,29-30H,2,4,13,17H2,1,3H3/t26-/m1/s1. The van der Waals surface area contributed by atoms with Gasteiger partial charge in [-0.25, -0.2) is 8.42 Å². The lowest BCUT2D eigenvalue weighted by molar-refractivity contribution is -0.133. The molecule has 3 aromatic rings. The molecule has 7 nitrogen and oxygen atoms in total. The van der Waals surface area contributed by atoms with Crippen LogP contribution >= 0.6 is 22.9 Å². The van der Waals surface area contributed by atoms with Crippen molar-refractivity contribution in [3.8, 4) is 5.75 Å². The highest BCUT2D eigenvalue weighted by molar-refractivity contribution is 7.89. The summed E-state index contributed by atoms with van der Waals surface area (Å²) < 4.78 is 35.6. The maximum absolute atomic E-state index is 14.0. The molecule has 10 heteroatoms. The summed E-state index contributed by atoms with van der Waals surface area (Å²) in [5, 5.41) is 5.04. The molecule has 0 fully saturated rings. The number of nitrogens with one attached hydrogen (secondary N) is 2. The van der Waals surface area contributed by atoms with Crippen LogP contribution in [0.5, 0.6) is 5.75 Å². The van der Waals surface area contributed by atoms with Crippen molar-refractivity contribution >= 4 is 50.6 Å². The van der Waals surface area contributed by atoms with Gasteiger partial charge in [0.25, 0.3) is 0 Å². The number of ether oxygens (including phenoxy) is 1. The molecule has 0 unspecified atom stereocenters. The minimum Gasteiger partial charge on any atom is -0.496 e. The second-order valence-corrected chi connectivity index (χ2v) is 11.6. The Balaban J connectivity index is 1.75. The number of benzene rings is 2. The molecule has 0 spiro atoms. The van der Waals surface area contributed by atoms with Crippen molar-refractivity contribution in [3.05, 3.63) is 93.3 Å². The fourth-order valence-electron chi connectivity index (χ4n) is 4.11. The highest BCUT2D eigenvalue weighted by atomic mass is 35.5. The van der Waals surface area contributed by atoms with Crippen molar-refractivity contribution < 1.29 is 17.9 Å². The van der Waals surface area contributed by atoms with Gasteiger partial charge in [0.2, 0.25) is 15.9 Å². The van der Waals surface area contributed by atoms with Crippen molar-refractivity contribution in [2.24, 2.45) is 0 Å². The van der Waals surface area contributed by atoms with Crippen molar-refractivity contribution in [3.63, 3.8) is 0 Å². The number of amides is 1. The number of sulfonamides is 1. The van der Waals surface area contributed by atoms with E-state index in [0.717, 1.165) is 4.88 Å². The van der Waals surface area contributed by atoms with Gasteiger partial charge in [-0.1, -0.05) is 55.4 Å². The Labute approximate surface area is 226 Å². The number of carbonyl (C=O) groups excluding carboxylic acids is 1. The number of para-hydroxylation sites is 1. The third-order valence-corrected chi connectivity index (χ3v) is 8.60. The summed E-state index contributed by atoms with van der Waals surface area (Å²) in [6.07, 6.45) is 4.22. The Hall–Kier alpha value is -3.11. The Bertz CT molecular complexity index is 1440. The zero-order valence-corrected chi connectivity index (χ0v) is 22.9. The molecule has 2 aromatic carbocycles. The lowest BCUT2D eigenvalue weighted by Gasteiger charge is -2.28. The van der Waals surface area contributed by atoms with Crippen LogP contribution in [0.2, 0.25) is 5.02 Å². The number of methoxy groups -OCH3 is 1. The molecule has 4 rings (SSSR count). The maximum atomic E-state index is 14.0. The van der Waals surface area contributed by atoms with Gasteiger partial charge in [-0.2, -0.15) is 4.72 Å². The van der Waals surface area contributed by atoms with Gasteiger partial charge in [0.1, 0.15) is 16.7 Å². The summed E-state index contributed by atoms with van der Waals surface area (Å²) in [6, 6.07) is 12.6. The molecule has 2 N–H and O–H groups in total. The quantitative estimate of drug-likeness (QED) is 0.328. The number of fused-ring (bicyclic) bond motifs is 1. The molecule has 0 saturated carbocycles. The third-order valence-electron chi connectivity index (χ3n) is 5.85. The third kappa shape index (κ3) is 6.07. The van der Waals surface area contributed by atoms with E-state index in [1.165, 1.54) is 13.2 Å². The minimum atomic E-state index is -4.23. The van der Waals surface area contributed by atoms with E-state index < -0.39 is 16.1 Å². The number of halogens is 1. The number of rotatable bonds is 10. The van der Waals surface area contributed by atoms with Gasteiger partial charge in [0.15, 0.2) is 0 Å². The van der Waals surface area contributed by atoms with Crippen molar-refractivity contribution in [1.29, 1.82) is 0 Å². The average molecular weight is 558 g/mol. The predicted octanol–water partition coefficient (Wildman–Crippen LogP) is 5.82. The molecule has 1 aromatic heterocycles. The first-order valence-electron chi connectivity index (χ1n) is 11.7. The number of anilines is 1.